The molecular weight excluding hydrogens is 310 g/mol. The summed E-state index contributed by atoms with van der Waals surface area (Å²) in [5, 5.41) is 0. The van der Waals surface area contributed by atoms with E-state index >= 15 is 0 Å². The van der Waals surface area contributed by atoms with Crippen molar-refractivity contribution in [3.05, 3.63) is 59.7 Å². The average Bonchev–Trinajstić information content (AvgIpc) is 2.64. The van der Waals surface area contributed by atoms with Crippen molar-refractivity contribution in [3.8, 4) is 11.5 Å². The summed E-state index contributed by atoms with van der Waals surface area (Å²) < 4.78 is 15.7. The van der Waals surface area contributed by atoms with E-state index in [-0.39, 0.29) is 12.3 Å². The number of methoxy groups -OCH3 is 1. The van der Waals surface area contributed by atoms with Gasteiger partial charge in [0.05, 0.1) is 19.2 Å². The van der Waals surface area contributed by atoms with Gasteiger partial charge < -0.3 is 19.9 Å². The van der Waals surface area contributed by atoms with Crippen LogP contribution < -0.4 is 15.2 Å². The van der Waals surface area contributed by atoms with Gasteiger partial charge in [-0.05, 0) is 42.5 Å². The maximum Gasteiger partial charge on any atom is 0.337 e. The first kappa shape index (κ1) is 17.5. The van der Waals surface area contributed by atoms with Gasteiger partial charge in [-0.15, -0.1) is 0 Å². The highest BCUT2D eigenvalue weighted by atomic mass is 16.5. The minimum Gasteiger partial charge on any atom is -0.490 e. The fourth-order valence-electron chi connectivity index (χ4n) is 2.00. The number of ketones is 1. The second-order valence-corrected chi connectivity index (χ2v) is 4.87. The zero-order chi connectivity index (χ0) is 17.4. The van der Waals surface area contributed by atoms with Crippen LogP contribution in [0.1, 0.15) is 20.7 Å². The van der Waals surface area contributed by atoms with Gasteiger partial charge >= 0.3 is 5.97 Å². The molecule has 0 radical (unpaired) electrons. The summed E-state index contributed by atoms with van der Waals surface area (Å²) in [5.74, 6) is 0.667. The molecule has 2 aromatic rings. The fraction of sp³-hybridized carbons (Fsp3) is 0.222. The van der Waals surface area contributed by atoms with Crippen LogP contribution in [0.5, 0.6) is 11.5 Å². The third-order valence-corrected chi connectivity index (χ3v) is 3.24. The standard InChI is InChI=1S/C18H19NO5/c1-22-18(21)14-3-2-4-16(11-14)24-10-9-23-15-7-5-13(6-8-15)17(20)12-19/h2-8,11H,9-10,12,19H2,1H3. The second kappa shape index (κ2) is 8.69. The highest BCUT2D eigenvalue weighted by molar-refractivity contribution is 5.97. The molecule has 0 atom stereocenters. The Kier molecular flexibility index (Phi) is 6.33. The molecule has 6 nitrogen and oxygen atoms in total. The van der Waals surface area contributed by atoms with Crippen LogP contribution in [0.15, 0.2) is 48.5 Å². The lowest BCUT2D eigenvalue weighted by Crippen LogP contribution is -2.13. The van der Waals surface area contributed by atoms with Crippen molar-refractivity contribution in [2.75, 3.05) is 26.9 Å². The predicted octanol–water partition coefficient (Wildman–Crippen LogP) is 2.07. The number of hydrogen-bond acceptors (Lipinski definition) is 6. The topological polar surface area (TPSA) is 87.9 Å². The quantitative estimate of drug-likeness (QED) is 0.453. The summed E-state index contributed by atoms with van der Waals surface area (Å²) in [5.41, 5.74) is 6.29. The third-order valence-electron chi connectivity index (χ3n) is 3.24. The molecular formula is C18H19NO5. The van der Waals surface area contributed by atoms with Crippen molar-refractivity contribution in [1.82, 2.24) is 0 Å². The van der Waals surface area contributed by atoms with Gasteiger partial charge in [-0.25, -0.2) is 4.79 Å². The number of Topliss-reactive ketones (excluding diaryl/α,β-unsaturated/α-hetero) is 1. The van der Waals surface area contributed by atoms with E-state index in [2.05, 4.69) is 4.74 Å². The SMILES string of the molecule is COC(=O)c1cccc(OCCOc2ccc(C(=O)CN)cc2)c1. The normalized spacial score (nSPS) is 10.1. The van der Waals surface area contributed by atoms with Gasteiger partial charge in [0.2, 0.25) is 0 Å². The number of hydrogen-bond donors (Lipinski definition) is 1. The molecule has 6 heteroatoms. The first-order valence-corrected chi connectivity index (χ1v) is 7.41. The summed E-state index contributed by atoms with van der Waals surface area (Å²) >= 11 is 0. The first-order chi connectivity index (χ1) is 11.6. The Morgan fingerprint density at radius 2 is 1.58 bits per heavy atom. The summed E-state index contributed by atoms with van der Waals surface area (Å²) in [6.45, 7) is 0.624. The van der Waals surface area contributed by atoms with Crippen LogP contribution in [0.3, 0.4) is 0 Å². The van der Waals surface area contributed by atoms with Crippen LogP contribution in [-0.2, 0) is 4.74 Å². The molecule has 24 heavy (non-hydrogen) atoms. The lowest BCUT2D eigenvalue weighted by Gasteiger charge is -2.09. The Labute approximate surface area is 140 Å². The summed E-state index contributed by atoms with van der Waals surface area (Å²) in [6, 6.07) is 13.5. The summed E-state index contributed by atoms with van der Waals surface area (Å²) in [6.07, 6.45) is 0. The Hall–Kier alpha value is -2.86. The Bertz CT molecular complexity index is 697. The molecule has 0 aliphatic carbocycles. The van der Waals surface area contributed by atoms with Gasteiger partial charge in [0.15, 0.2) is 5.78 Å². The van der Waals surface area contributed by atoms with Crippen molar-refractivity contribution >= 4 is 11.8 Å². The largest absolute Gasteiger partial charge is 0.490 e. The molecule has 0 aromatic heterocycles. The van der Waals surface area contributed by atoms with Crippen molar-refractivity contribution in [1.29, 1.82) is 0 Å². The zero-order valence-corrected chi connectivity index (χ0v) is 13.4. The van der Waals surface area contributed by atoms with Crippen molar-refractivity contribution in [2.45, 2.75) is 0 Å². The van der Waals surface area contributed by atoms with Gasteiger partial charge in [-0.3, -0.25) is 4.79 Å². The number of nitrogens with two attached hydrogens (primary N) is 1. The van der Waals surface area contributed by atoms with Crippen LogP contribution >= 0.6 is 0 Å². The van der Waals surface area contributed by atoms with Crippen molar-refractivity contribution < 1.29 is 23.8 Å². The van der Waals surface area contributed by atoms with Gasteiger partial charge in [-0.1, -0.05) is 6.07 Å². The maximum absolute atomic E-state index is 11.4. The first-order valence-electron chi connectivity index (χ1n) is 7.41. The van der Waals surface area contributed by atoms with E-state index < -0.39 is 5.97 Å². The molecule has 0 heterocycles. The van der Waals surface area contributed by atoms with E-state index in [1.807, 2.05) is 0 Å². The van der Waals surface area contributed by atoms with Gasteiger partial charge in [0.1, 0.15) is 24.7 Å². The molecule has 2 aromatic carbocycles. The molecule has 2 N–H and O–H groups in total. The number of carbonyl (C=O) groups excluding carboxylic acids is 2. The molecule has 0 fully saturated rings. The number of rotatable bonds is 8. The summed E-state index contributed by atoms with van der Waals surface area (Å²) in [4.78, 5) is 22.9. The molecule has 126 valence electrons. The number of carbonyl (C=O) groups is 2. The lowest BCUT2D eigenvalue weighted by molar-refractivity contribution is 0.0600. The lowest BCUT2D eigenvalue weighted by atomic mass is 10.1. The van der Waals surface area contributed by atoms with Crippen LogP contribution in [-0.4, -0.2) is 38.6 Å². The van der Waals surface area contributed by atoms with E-state index in [4.69, 9.17) is 15.2 Å². The minimum absolute atomic E-state index is 0.0152. The van der Waals surface area contributed by atoms with Crippen LogP contribution in [0.25, 0.3) is 0 Å². The average molecular weight is 329 g/mol. The van der Waals surface area contributed by atoms with Crippen LogP contribution in [0.4, 0.5) is 0 Å². The number of benzene rings is 2. The Balaban J connectivity index is 1.80. The molecule has 0 spiro atoms. The Morgan fingerprint density at radius 3 is 2.21 bits per heavy atom. The fourth-order valence-corrected chi connectivity index (χ4v) is 2.00. The molecule has 0 aliphatic rings. The third kappa shape index (κ3) is 4.82. The zero-order valence-electron chi connectivity index (χ0n) is 13.4. The highest BCUT2D eigenvalue weighted by Gasteiger charge is 2.06. The molecule has 0 amide bonds. The second-order valence-electron chi connectivity index (χ2n) is 4.87. The van der Waals surface area contributed by atoms with E-state index in [0.717, 1.165) is 0 Å². The Morgan fingerprint density at radius 1 is 0.917 bits per heavy atom. The van der Waals surface area contributed by atoms with Crippen molar-refractivity contribution in [3.63, 3.8) is 0 Å². The molecule has 0 saturated carbocycles. The number of ether oxygens (including phenoxy) is 3. The van der Waals surface area contributed by atoms with Crippen molar-refractivity contribution in [2.24, 2.45) is 5.73 Å². The van der Waals surface area contributed by atoms with Gasteiger partial charge in [0.25, 0.3) is 0 Å². The van der Waals surface area contributed by atoms with E-state index in [9.17, 15) is 9.59 Å². The maximum atomic E-state index is 11.4. The monoisotopic (exact) mass is 329 g/mol. The van der Waals surface area contributed by atoms with Gasteiger partial charge in [0, 0.05) is 5.56 Å². The van der Waals surface area contributed by atoms with E-state index in [1.54, 1.807) is 48.5 Å². The molecule has 0 saturated heterocycles. The van der Waals surface area contributed by atoms with Crippen LogP contribution in [0, 0.1) is 0 Å². The number of esters is 1. The molecule has 0 bridgehead atoms. The predicted molar refractivity (Wildman–Crippen MR) is 88.6 cm³/mol. The van der Waals surface area contributed by atoms with E-state index in [1.165, 1.54) is 7.11 Å². The molecule has 0 unspecified atom stereocenters. The minimum atomic E-state index is -0.413. The van der Waals surface area contributed by atoms with Crippen LogP contribution in [0.2, 0.25) is 0 Å². The molecule has 0 aliphatic heterocycles. The van der Waals surface area contributed by atoms with Gasteiger partial charge in [-0.2, -0.15) is 0 Å². The molecule has 2 rings (SSSR count). The van der Waals surface area contributed by atoms with E-state index in [0.29, 0.717) is 35.8 Å². The smallest absolute Gasteiger partial charge is 0.337 e. The highest BCUT2D eigenvalue weighted by Crippen LogP contribution is 2.15. The summed E-state index contributed by atoms with van der Waals surface area (Å²) in [7, 11) is 1.33.